The number of halogens is 1. The first-order valence-corrected chi connectivity index (χ1v) is 6.13. The van der Waals surface area contributed by atoms with Crippen LogP contribution in [0.2, 0.25) is 0 Å². The Kier molecular flexibility index (Phi) is 4.27. The number of aromatic hydroxyl groups is 1. The first kappa shape index (κ1) is 14.6. The zero-order chi connectivity index (χ0) is 15.4. The third kappa shape index (κ3) is 3.22. The summed E-state index contributed by atoms with van der Waals surface area (Å²) in [5.74, 6) is -1.73. The zero-order valence-electron chi connectivity index (χ0n) is 11.2. The smallest absolute Gasteiger partial charge is 0.330 e. The van der Waals surface area contributed by atoms with Gasteiger partial charge in [-0.15, -0.1) is 0 Å². The van der Waals surface area contributed by atoms with E-state index >= 15 is 0 Å². The molecule has 0 fully saturated rings. The molecule has 0 aliphatic rings. The second kappa shape index (κ2) is 6.13. The summed E-state index contributed by atoms with van der Waals surface area (Å²) in [6, 6.07) is 8.57. The summed E-state index contributed by atoms with van der Waals surface area (Å²) in [6.45, 7) is 0. The standard InChI is InChI=1S/C15H14FNO4/c1-21-13-5-3-2-4-11(13)17-14(15(19)20)10-8-9(16)6-7-12(10)18/h2-8,14,17-18H,1H3,(H,19,20). The van der Waals surface area contributed by atoms with Crippen LogP contribution in [0.1, 0.15) is 11.6 Å². The van der Waals surface area contributed by atoms with E-state index in [4.69, 9.17) is 4.74 Å². The summed E-state index contributed by atoms with van der Waals surface area (Å²) >= 11 is 0. The molecule has 0 saturated carbocycles. The Morgan fingerprint density at radius 2 is 2.00 bits per heavy atom. The largest absolute Gasteiger partial charge is 0.508 e. The number of para-hydroxylation sites is 2. The van der Waals surface area contributed by atoms with Crippen LogP contribution < -0.4 is 10.1 Å². The van der Waals surface area contributed by atoms with Gasteiger partial charge >= 0.3 is 5.97 Å². The number of rotatable bonds is 5. The van der Waals surface area contributed by atoms with E-state index in [2.05, 4.69) is 5.32 Å². The molecule has 5 nitrogen and oxygen atoms in total. The molecule has 0 radical (unpaired) electrons. The van der Waals surface area contributed by atoms with Gasteiger partial charge in [0, 0.05) is 5.56 Å². The van der Waals surface area contributed by atoms with Crippen molar-refractivity contribution in [2.45, 2.75) is 6.04 Å². The predicted octanol–water partition coefficient (Wildman–Crippen LogP) is 2.78. The van der Waals surface area contributed by atoms with Crippen molar-refractivity contribution < 1.29 is 24.1 Å². The Balaban J connectivity index is 2.40. The number of benzene rings is 2. The lowest BCUT2D eigenvalue weighted by atomic mass is 10.0. The molecular formula is C15H14FNO4. The van der Waals surface area contributed by atoms with E-state index in [1.807, 2.05) is 0 Å². The van der Waals surface area contributed by atoms with Crippen molar-refractivity contribution in [2.24, 2.45) is 0 Å². The number of carbonyl (C=O) groups is 1. The molecule has 110 valence electrons. The lowest BCUT2D eigenvalue weighted by molar-refractivity contribution is -0.138. The summed E-state index contributed by atoms with van der Waals surface area (Å²) in [7, 11) is 1.45. The Hall–Kier alpha value is -2.76. The van der Waals surface area contributed by atoms with Gasteiger partial charge in [0.25, 0.3) is 0 Å². The number of ether oxygens (including phenoxy) is 1. The summed E-state index contributed by atoms with van der Waals surface area (Å²) < 4.78 is 18.4. The van der Waals surface area contributed by atoms with E-state index in [0.29, 0.717) is 11.4 Å². The number of phenols is 1. The van der Waals surface area contributed by atoms with Gasteiger partial charge in [-0.3, -0.25) is 0 Å². The van der Waals surface area contributed by atoms with Crippen LogP contribution in [0, 0.1) is 5.82 Å². The molecule has 0 saturated heterocycles. The zero-order valence-corrected chi connectivity index (χ0v) is 11.2. The van der Waals surface area contributed by atoms with Crippen LogP contribution in [0.3, 0.4) is 0 Å². The van der Waals surface area contributed by atoms with Gasteiger partial charge in [0.15, 0.2) is 6.04 Å². The molecule has 2 aromatic rings. The fourth-order valence-electron chi connectivity index (χ4n) is 1.95. The Labute approximate surface area is 120 Å². The maximum absolute atomic E-state index is 13.3. The molecule has 2 rings (SSSR count). The van der Waals surface area contributed by atoms with Crippen LogP contribution >= 0.6 is 0 Å². The molecule has 0 aliphatic heterocycles. The summed E-state index contributed by atoms with van der Waals surface area (Å²) in [6.07, 6.45) is 0. The number of methoxy groups -OCH3 is 1. The molecule has 21 heavy (non-hydrogen) atoms. The van der Waals surface area contributed by atoms with Gasteiger partial charge in [0.1, 0.15) is 17.3 Å². The van der Waals surface area contributed by atoms with Crippen molar-refractivity contribution in [3.8, 4) is 11.5 Å². The highest BCUT2D eigenvalue weighted by Crippen LogP contribution is 2.31. The molecule has 0 amide bonds. The van der Waals surface area contributed by atoms with E-state index in [1.165, 1.54) is 7.11 Å². The normalized spacial score (nSPS) is 11.7. The summed E-state index contributed by atoms with van der Waals surface area (Å²) in [5.41, 5.74) is 0.365. The number of nitrogens with one attached hydrogen (secondary N) is 1. The number of hydrogen-bond acceptors (Lipinski definition) is 4. The number of carboxylic acids is 1. The average molecular weight is 291 g/mol. The van der Waals surface area contributed by atoms with Crippen molar-refractivity contribution >= 4 is 11.7 Å². The number of anilines is 1. The van der Waals surface area contributed by atoms with Gasteiger partial charge in [-0.25, -0.2) is 9.18 Å². The average Bonchev–Trinajstić information content (AvgIpc) is 2.47. The fraction of sp³-hybridized carbons (Fsp3) is 0.133. The summed E-state index contributed by atoms with van der Waals surface area (Å²) in [4.78, 5) is 11.4. The van der Waals surface area contributed by atoms with Crippen molar-refractivity contribution in [2.75, 3.05) is 12.4 Å². The van der Waals surface area contributed by atoms with Crippen LogP contribution in [0.4, 0.5) is 10.1 Å². The molecule has 0 bridgehead atoms. The topological polar surface area (TPSA) is 78.8 Å². The number of carboxylic acid groups (broad SMARTS) is 1. The van der Waals surface area contributed by atoms with E-state index in [9.17, 15) is 19.4 Å². The van der Waals surface area contributed by atoms with E-state index in [-0.39, 0.29) is 11.3 Å². The molecule has 2 aromatic carbocycles. The maximum Gasteiger partial charge on any atom is 0.330 e. The van der Waals surface area contributed by atoms with Crippen LogP contribution in [0.25, 0.3) is 0 Å². The molecule has 0 aromatic heterocycles. The minimum atomic E-state index is -1.31. The first-order chi connectivity index (χ1) is 10.0. The molecule has 6 heteroatoms. The van der Waals surface area contributed by atoms with E-state index in [0.717, 1.165) is 18.2 Å². The van der Waals surface area contributed by atoms with Crippen LogP contribution in [0.5, 0.6) is 11.5 Å². The molecule has 0 heterocycles. The van der Waals surface area contributed by atoms with Crippen molar-refractivity contribution in [1.29, 1.82) is 0 Å². The van der Waals surface area contributed by atoms with Gasteiger partial charge in [0.2, 0.25) is 0 Å². The van der Waals surface area contributed by atoms with E-state index in [1.54, 1.807) is 24.3 Å². The maximum atomic E-state index is 13.3. The van der Waals surface area contributed by atoms with Crippen molar-refractivity contribution in [3.05, 3.63) is 53.8 Å². The minimum Gasteiger partial charge on any atom is -0.508 e. The Morgan fingerprint density at radius 1 is 1.29 bits per heavy atom. The molecule has 1 unspecified atom stereocenters. The Bertz CT molecular complexity index is 660. The third-order valence-corrected chi connectivity index (χ3v) is 2.95. The second-order valence-corrected chi connectivity index (χ2v) is 4.32. The van der Waals surface area contributed by atoms with Gasteiger partial charge in [-0.1, -0.05) is 12.1 Å². The van der Waals surface area contributed by atoms with Crippen LogP contribution in [-0.4, -0.2) is 23.3 Å². The van der Waals surface area contributed by atoms with Gasteiger partial charge in [0.05, 0.1) is 12.8 Å². The molecule has 0 spiro atoms. The number of hydrogen-bond donors (Lipinski definition) is 3. The monoisotopic (exact) mass is 291 g/mol. The highest BCUT2D eigenvalue weighted by molar-refractivity contribution is 5.81. The van der Waals surface area contributed by atoms with Gasteiger partial charge < -0.3 is 20.3 Å². The van der Waals surface area contributed by atoms with Crippen molar-refractivity contribution in [1.82, 2.24) is 0 Å². The van der Waals surface area contributed by atoms with Gasteiger partial charge in [-0.2, -0.15) is 0 Å². The SMILES string of the molecule is COc1ccccc1NC(C(=O)O)c1cc(F)ccc1O. The lowest BCUT2D eigenvalue weighted by Crippen LogP contribution is -2.21. The lowest BCUT2D eigenvalue weighted by Gasteiger charge is -2.19. The highest BCUT2D eigenvalue weighted by Gasteiger charge is 2.24. The molecule has 0 aliphatic carbocycles. The van der Waals surface area contributed by atoms with Crippen LogP contribution in [-0.2, 0) is 4.79 Å². The fourth-order valence-corrected chi connectivity index (χ4v) is 1.95. The number of phenolic OH excluding ortho intramolecular Hbond substituents is 1. The minimum absolute atomic E-state index is 0.0617. The molecule has 3 N–H and O–H groups in total. The molecule has 1 atom stereocenters. The van der Waals surface area contributed by atoms with Gasteiger partial charge in [-0.05, 0) is 30.3 Å². The Morgan fingerprint density at radius 3 is 2.67 bits per heavy atom. The van der Waals surface area contributed by atoms with Crippen molar-refractivity contribution in [3.63, 3.8) is 0 Å². The first-order valence-electron chi connectivity index (χ1n) is 6.13. The predicted molar refractivity (Wildman–Crippen MR) is 75.1 cm³/mol. The van der Waals surface area contributed by atoms with Crippen LogP contribution in [0.15, 0.2) is 42.5 Å². The van der Waals surface area contributed by atoms with E-state index < -0.39 is 17.8 Å². The highest BCUT2D eigenvalue weighted by atomic mass is 19.1. The second-order valence-electron chi connectivity index (χ2n) is 4.32. The summed E-state index contributed by atoms with van der Waals surface area (Å²) in [5, 5.41) is 21.8. The third-order valence-electron chi connectivity index (χ3n) is 2.95. The molecular weight excluding hydrogens is 277 g/mol. The quantitative estimate of drug-likeness (QED) is 0.789. The number of aliphatic carboxylic acids is 1.